The first-order valence-electron chi connectivity index (χ1n) is 15.1. The molecule has 3 aromatic heterocycles. The lowest BCUT2D eigenvalue weighted by molar-refractivity contribution is 0.0972. The van der Waals surface area contributed by atoms with E-state index in [9.17, 15) is 8.78 Å². The van der Waals surface area contributed by atoms with Crippen molar-refractivity contribution in [2.45, 2.75) is 70.8 Å². The van der Waals surface area contributed by atoms with E-state index in [1.165, 1.54) is 24.3 Å². The average molecular weight is 587 g/mol. The summed E-state index contributed by atoms with van der Waals surface area (Å²) >= 11 is 0. The van der Waals surface area contributed by atoms with Gasteiger partial charge in [0.05, 0.1) is 18.7 Å². The predicted octanol–water partition coefficient (Wildman–Crippen LogP) is 5.32. The topological polar surface area (TPSA) is 76.6 Å². The summed E-state index contributed by atoms with van der Waals surface area (Å²) in [5.74, 6) is 1.69. The van der Waals surface area contributed by atoms with Crippen molar-refractivity contribution in [2.75, 3.05) is 24.6 Å². The molecule has 0 aliphatic carbocycles. The normalized spacial score (nSPS) is 21.5. The Morgan fingerprint density at radius 1 is 0.977 bits per heavy atom. The highest BCUT2D eigenvalue weighted by molar-refractivity contribution is 5.87. The van der Waals surface area contributed by atoms with Gasteiger partial charge in [-0.3, -0.25) is 4.90 Å². The maximum atomic E-state index is 13.9. The zero-order valence-electron chi connectivity index (χ0n) is 24.7. The van der Waals surface area contributed by atoms with Gasteiger partial charge < -0.3 is 14.2 Å². The van der Waals surface area contributed by atoms with E-state index in [4.69, 9.17) is 14.7 Å². The van der Waals surface area contributed by atoms with Crippen molar-refractivity contribution in [2.24, 2.45) is 0 Å². The zero-order valence-corrected chi connectivity index (χ0v) is 24.7. The number of benzene rings is 2. The number of fused-ring (bicyclic) bond motifs is 3. The Hall–Kier alpha value is -3.96. The Morgan fingerprint density at radius 3 is 2.30 bits per heavy atom. The maximum Gasteiger partial charge on any atom is 0.258 e. The molecule has 0 bridgehead atoms. The summed E-state index contributed by atoms with van der Waals surface area (Å²) in [5.41, 5.74) is 3.70. The van der Waals surface area contributed by atoms with Crippen LogP contribution in [-0.4, -0.2) is 71.9 Å². The fourth-order valence-corrected chi connectivity index (χ4v) is 6.87. The van der Waals surface area contributed by atoms with Gasteiger partial charge in [0.15, 0.2) is 11.5 Å². The summed E-state index contributed by atoms with van der Waals surface area (Å²) in [5, 5.41) is 8.52. The van der Waals surface area contributed by atoms with E-state index < -0.39 is 0 Å². The van der Waals surface area contributed by atoms with Crippen LogP contribution in [0.3, 0.4) is 0 Å². The number of halogens is 2. The molecular formula is C32H36F2N8O. The molecule has 224 valence electrons. The molecule has 9 nitrogen and oxygen atoms in total. The number of imidazole rings is 1. The molecule has 3 atom stereocenters. The summed E-state index contributed by atoms with van der Waals surface area (Å²) < 4.78 is 38.0. The molecule has 11 heteroatoms. The molecule has 2 aliphatic rings. The van der Waals surface area contributed by atoms with Gasteiger partial charge >= 0.3 is 0 Å². The van der Waals surface area contributed by atoms with Crippen molar-refractivity contribution in [1.82, 2.24) is 34.0 Å². The van der Waals surface area contributed by atoms with E-state index in [-0.39, 0.29) is 35.9 Å². The van der Waals surface area contributed by atoms with Gasteiger partial charge in [-0.05, 0) is 68.5 Å². The Labute approximate surface area is 249 Å². The largest absolute Gasteiger partial charge is 0.376 e. The number of piperazine rings is 1. The van der Waals surface area contributed by atoms with Gasteiger partial charge in [-0.15, -0.1) is 10.2 Å². The van der Waals surface area contributed by atoms with Crippen LogP contribution in [0.4, 0.5) is 14.6 Å². The Bertz CT molecular complexity index is 1680. The van der Waals surface area contributed by atoms with Gasteiger partial charge in [0.2, 0.25) is 0 Å². The monoisotopic (exact) mass is 586 g/mol. The number of nitrogens with zero attached hydrogens (tertiary/aromatic N) is 8. The van der Waals surface area contributed by atoms with Crippen LogP contribution in [-0.2, 0) is 11.3 Å². The minimum absolute atomic E-state index is 0.0656. The van der Waals surface area contributed by atoms with Crippen LogP contribution in [0.15, 0.2) is 54.9 Å². The summed E-state index contributed by atoms with van der Waals surface area (Å²) in [6.45, 7) is 9.35. The summed E-state index contributed by atoms with van der Waals surface area (Å²) in [6.07, 6.45) is 4.84. The van der Waals surface area contributed by atoms with Gasteiger partial charge in [0, 0.05) is 31.8 Å². The lowest BCUT2D eigenvalue weighted by atomic mass is 9.92. The molecule has 2 aromatic carbocycles. The van der Waals surface area contributed by atoms with Crippen molar-refractivity contribution < 1.29 is 13.5 Å². The molecule has 0 radical (unpaired) electrons. The molecular weight excluding hydrogens is 550 g/mol. The van der Waals surface area contributed by atoms with E-state index >= 15 is 0 Å². The maximum absolute atomic E-state index is 13.9. The lowest BCUT2D eigenvalue weighted by Gasteiger charge is -2.49. The van der Waals surface area contributed by atoms with E-state index in [2.05, 4.69) is 38.4 Å². The average Bonchev–Trinajstić information content (AvgIpc) is 3.76. The minimum Gasteiger partial charge on any atom is -0.376 e. The molecule has 2 fully saturated rings. The summed E-state index contributed by atoms with van der Waals surface area (Å²) in [4.78, 5) is 14.9. The third-order valence-corrected chi connectivity index (χ3v) is 9.05. The highest BCUT2D eigenvalue weighted by Gasteiger charge is 2.38. The van der Waals surface area contributed by atoms with E-state index in [0.717, 1.165) is 66.3 Å². The third kappa shape index (κ3) is 5.04. The molecule has 0 spiro atoms. The molecule has 2 aliphatic heterocycles. The SMILES string of the molecule is CC[C@@H]1CN(c2nc3nncn3c3c2nc(C)n3C[C@@H]2CCCO2)[C@@H](C)CN1C(c1ccc(F)cc1)c1ccc(F)cc1. The van der Waals surface area contributed by atoms with Gasteiger partial charge in [-0.1, -0.05) is 31.2 Å². The lowest BCUT2D eigenvalue weighted by Crippen LogP contribution is -2.58. The number of rotatable bonds is 7. The Balaban J connectivity index is 1.28. The van der Waals surface area contributed by atoms with Crippen LogP contribution in [0.2, 0.25) is 0 Å². The van der Waals surface area contributed by atoms with Crippen molar-refractivity contribution in [3.8, 4) is 0 Å². The second kappa shape index (κ2) is 11.3. The smallest absolute Gasteiger partial charge is 0.258 e. The number of aryl methyl sites for hydroxylation is 1. The van der Waals surface area contributed by atoms with Crippen LogP contribution in [0, 0.1) is 18.6 Å². The standard InChI is InChI=1S/C32H36F2N8O/c1-4-26-17-39(20(2)16-41(26)29(22-7-11-24(33)12-8-22)23-9-13-25(34)14-10-23)30-28-31(42-19-35-38-32(42)37-30)40(21(3)36-28)18-27-6-5-15-43-27/h7-14,19-20,26-27,29H,4-6,15-18H2,1-3H3/t20-,26+,27-/m0/s1. The zero-order chi connectivity index (χ0) is 29.7. The van der Waals surface area contributed by atoms with Crippen LogP contribution in [0.1, 0.15) is 56.1 Å². The van der Waals surface area contributed by atoms with E-state index in [0.29, 0.717) is 18.9 Å². The molecule has 0 N–H and O–H groups in total. The molecule has 2 saturated heterocycles. The van der Waals surface area contributed by atoms with Crippen LogP contribution in [0.25, 0.3) is 16.9 Å². The fraction of sp³-hybridized carbons (Fsp3) is 0.438. The molecule has 7 rings (SSSR count). The van der Waals surface area contributed by atoms with Crippen LogP contribution < -0.4 is 4.90 Å². The predicted molar refractivity (Wildman–Crippen MR) is 160 cm³/mol. The number of aromatic nitrogens is 6. The second-order valence-electron chi connectivity index (χ2n) is 11.8. The first-order chi connectivity index (χ1) is 20.9. The third-order valence-electron chi connectivity index (χ3n) is 9.05. The Morgan fingerprint density at radius 2 is 1.67 bits per heavy atom. The molecule has 0 amide bonds. The van der Waals surface area contributed by atoms with Gasteiger partial charge in [0.25, 0.3) is 5.78 Å². The van der Waals surface area contributed by atoms with Crippen LogP contribution >= 0.6 is 0 Å². The second-order valence-corrected chi connectivity index (χ2v) is 11.8. The highest BCUT2D eigenvalue weighted by Crippen LogP contribution is 2.37. The van der Waals surface area contributed by atoms with Gasteiger partial charge in [0.1, 0.15) is 29.3 Å². The van der Waals surface area contributed by atoms with Crippen molar-refractivity contribution >= 4 is 22.8 Å². The summed E-state index contributed by atoms with van der Waals surface area (Å²) in [7, 11) is 0. The molecule has 0 unspecified atom stereocenters. The highest BCUT2D eigenvalue weighted by atomic mass is 19.1. The number of anilines is 1. The molecule has 43 heavy (non-hydrogen) atoms. The number of hydrogen-bond donors (Lipinski definition) is 0. The Kier molecular flexibility index (Phi) is 7.30. The van der Waals surface area contributed by atoms with Gasteiger partial charge in [-0.25, -0.2) is 18.2 Å². The van der Waals surface area contributed by atoms with Crippen molar-refractivity contribution in [3.63, 3.8) is 0 Å². The molecule has 0 saturated carbocycles. The fourth-order valence-electron chi connectivity index (χ4n) is 6.87. The van der Waals surface area contributed by atoms with E-state index in [1.54, 1.807) is 6.33 Å². The van der Waals surface area contributed by atoms with Gasteiger partial charge in [-0.2, -0.15) is 4.98 Å². The number of ether oxygens (including phenoxy) is 1. The molecule has 5 heterocycles. The van der Waals surface area contributed by atoms with E-state index in [1.807, 2.05) is 35.6 Å². The first kappa shape index (κ1) is 27.8. The first-order valence-corrected chi connectivity index (χ1v) is 15.1. The summed E-state index contributed by atoms with van der Waals surface area (Å²) in [6, 6.07) is 13.4. The minimum atomic E-state index is -0.278. The van der Waals surface area contributed by atoms with Crippen molar-refractivity contribution in [3.05, 3.63) is 83.4 Å². The van der Waals surface area contributed by atoms with Crippen LogP contribution in [0.5, 0.6) is 0 Å². The molecule has 5 aromatic rings. The quantitative estimate of drug-likeness (QED) is 0.256. The number of hydrogen-bond acceptors (Lipinski definition) is 7. The van der Waals surface area contributed by atoms with Crippen molar-refractivity contribution in [1.29, 1.82) is 0 Å².